The molecule has 1 aromatic rings. The molecule has 0 fully saturated rings. The molecule has 1 aliphatic heterocycles. The standard InChI is InChI=1S/C15H21NO2/c1-2-5-13(16)14(17)10-15-12-7-4-3-6-11(12)8-9-18-15/h3-4,6-7,13,15H,2,5,8-10,16H2,1H3. The normalized spacial score (nSPS) is 20.2. The Kier molecular flexibility index (Phi) is 4.50. The van der Waals surface area contributed by atoms with E-state index in [0.29, 0.717) is 13.0 Å². The Labute approximate surface area is 108 Å². The molecule has 1 heterocycles. The molecule has 0 saturated heterocycles. The smallest absolute Gasteiger partial charge is 0.152 e. The summed E-state index contributed by atoms with van der Waals surface area (Å²) < 4.78 is 5.73. The molecule has 0 spiro atoms. The first-order valence-electron chi connectivity index (χ1n) is 6.70. The fraction of sp³-hybridized carbons (Fsp3) is 0.533. The van der Waals surface area contributed by atoms with Crippen LogP contribution >= 0.6 is 0 Å². The summed E-state index contributed by atoms with van der Waals surface area (Å²) in [5.41, 5.74) is 8.31. The Hall–Kier alpha value is -1.19. The van der Waals surface area contributed by atoms with Crippen molar-refractivity contribution in [1.29, 1.82) is 0 Å². The fourth-order valence-corrected chi connectivity index (χ4v) is 2.45. The third-order valence-corrected chi connectivity index (χ3v) is 3.49. The van der Waals surface area contributed by atoms with E-state index in [-0.39, 0.29) is 17.9 Å². The third-order valence-electron chi connectivity index (χ3n) is 3.49. The molecule has 98 valence electrons. The number of hydrogen-bond acceptors (Lipinski definition) is 3. The summed E-state index contributed by atoms with van der Waals surface area (Å²) in [6, 6.07) is 7.86. The minimum Gasteiger partial charge on any atom is -0.373 e. The SMILES string of the molecule is CCCC(N)C(=O)CC1OCCc2ccccc21. The Bertz CT molecular complexity index is 417. The van der Waals surface area contributed by atoms with Crippen molar-refractivity contribution < 1.29 is 9.53 Å². The van der Waals surface area contributed by atoms with Crippen LogP contribution in [0, 0.1) is 0 Å². The van der Waals surface area contributed by atoms with Crippen molar-refractivity contribution in [3.05, 3.63) is 35.4 Å². The fourth-order valence-electron chi connectivity index (χ4n) is 2.45. The molecular weight excluding hydrogens is 226 g/mol. The lowest BCUT2D eigenvalue weighted by Gasteiger charge is -2.26. The second-order valence-electron chi connectivity index (χ2n) is 4.87. The van der Waals surface area contributed by atoms with Gasteiger partial charge in [-0.15, -0.1) is 0 Å². The maximum Gasteiger partial charge on any atom is 0.152 e. The molecule has 2 atom stereocenters. The van der Waals surface area contributed by atoms with Gasteiger partial charge in [-0.25, -0.2) is 0 Å². The minimum atomic E-state index is -0.340. The average Bonchev–Trinajstić information content (AvgIpc) is 2.39. The van der Waals surface area contributed by atoms with Gasteiger partial charge < -0.3 is 10.5 Å². The Morgan fingerprint density at radius 2 is 2.28 bits per heavy atom. The lowest BCUT2D eigenvalue weighted by atomic mass is 9.92. The van der Waals surface area contributed by atoms with E-state index in [1.54, 1.807) is 0 Å². The number of ether oxygens (including phenoxy) is 1. The second kappa shape index (κ2) is 6.12. The predicted molar refractivity (Wildman–Crippen MR) is 71.3 cm³/mol. The van der Waals surface area contributed by atoms with E-state index in [2.05, 4.69) is 12.1 Å². The zero-order chi connectivity index (χ0) is 13.0. The van der Waals surface area contributed by atoms with Crippen LogP contribution in [0.3, 0.4) is 0 Å². The Balaban J connectivity index is 2.05. The number of rotatable bonds is 5. The van der Waals surface area contributed by atoms with Crippen molar-refractivity contribution in [2.45, 2.75) is 44.8 Å². The molecule has 18 heavy (non-hydrogen) atoms. The van der Waals surface area contributed by atoms with Crippen LogP contribution in [0.1, 0.15) is 43.4 Å². The van der Waals surface area contributed by atoms with Crippen molar-refractivity contribution in [1.82, 2.24) is 0 Å². The molecule has 0 radical (unpaired) electrons. The van der Waals surface area contributed by atoms with Gasteiger partial charge in [-0.2, -0.15) is 0 Å². The van der Waals surface area contributed by atoms with Crippen molar-refractivity contribution in [2.24, 2.45) is 5.73 Å². The number of carbonyl (C=O) groups excluding carboxylic acids is 1. The van der Waals surface area contributed by atoms with Gasteiger partial charge in [0.2, 0.25) is 0 Å². The van der Waals surface area contributed by atoms with E-state index in [0.717, 1.165) is 24.8 Å². The summed E-state index contributed by atoms with van der Waals surface area (Å²) in [7, 11) is 0. The number of ketones is 1. The van der Waals surface area contributed by atoms with Crippen molar-refractivity contribution in [3.8, 4) is 0 Å². The highest BCUT2D eigenvalue weighted by Crippen LogP contribution is 2.29. The molecule has 1 aromatic carbocycles. The maximum absolute atomic E-state index is 12.0. The molecule has 3 nitrogen and oxygen atoms in total. The largest absolute Gasteiger partial charge is 0.373 e. The van der Waals surface area contributed by atoms with Crippen LogP contribution in [0.4, 0.5) is 0 Å². The summed E-state index contributed by atoms with van der Waals surface area (Å²) >= 11 is 0. The van der Waals surface area contributed by atoms with E-state index in [1.807, 2.05) is 19.1 Å². The average molecular weight is 247 g/mol. The monoisotopic (exact) mass is 247 g/mol. The van der Waals surface area contributed by atoms with Crippen LogP contribution in [-0.2, 0) is 16.0 Å². The lowest BCUT2D eigenvalue weighted by molar-refractivity contribution is -0.123. The number of carbonyl (C=O) groups is 1. The van der Waals surface area contributed by atoms with E-state index in [4.69, 9.17) is 10.5 Å². The number of fused-ring (bicyclic) bond motifs is 1. The summed E-state index contributed by atoms with van der Waals surface area (Å²) in [4.78, 5) is 12.0. The quantitative estimate of drug-likeness (QED) is 0.869. The first-order valence-corrected chi connectivity index (χ1v) is 6.70. The molecule has 0 saturated carbocycles. The zero-order valence-electron chi connectivity index (χ0n) is 10.9. The molecule has 0 bridgehead atoms. The van der Waals surface area contributed by atoms with Gasteiger partial charge in [0.05, 0.1) is 18.8 Å². The Morgan fingerprint density at radius 1 is 1.50 bits per heavy atom. The van der Waals surface area contributed by atoms with Gasteiger partial charge in [0.1, 0.15) is 0 Å². The van der Waals surface area contributed by atoms with Crippen LogP contribution in [0.5, 0.6) is 0 Å². The van der Waals surface area contributed by atoms with Gasteiger partial charge in [0.15, 0.2) is 5.78 Å². The van der Waals surface area contributed by atoms with Crippen LogP contribution < -0.4 is 5.73 Å². The highest BCUT2D eigenvalue weighted by molar-refractivity contribution is 5.84. The minimum absolute atomic E-state index is 0.106. The van der Waals surface area contributed by atoms with E-state index >= 15 is 0 Å². The van der Waals surface area contributed by atoms with Gasteiger partial charge >= 0.3 is 0 Å². The molecule has 0 amide bonds. The molecule has 3 heteroatoms. The van der Waals surface area contributed by atoms with Crippen LogP contribution in [0.15, 0.2) is 24.3 Å². The second-order valence-corrected chi connectivity index (χ2v) is 4.87. The predicted octanol–water partition coefficient (Wildman–Crippen LogP) is 2.39. The molecule has 1 aliphatic rings. The number of benzene rings is 1. The topological polar surface area (TPSA) is 52.3 Å². The summed E-state index contributed by atoms with van der Waals surface area (Å²) in [5, 5.41) is 0. The highest BCUT2D eigenvalue weighted by Gasteiger charge is 2.25. The van der Waals surface area contributed by atoms with E-state index in [9.17, 15) is 4.79 Å². The van der Waals surface area contributed by atoms with E-state index in [1.165, 1.54) is 5.56 Å². The van der Waals surface area contributed by atoms with Crippen molar-refractivity contribution >= 4 is 5.78 Å². The molecular formula is C15H21NO2. The highest BCUT2D eigenvalue weighted by atomic mass is 16.5. The molecule has 2 N–H and O–H groups in total. The number of hydrogen-bond donors (Lipinski definition) is 1. The number of Topliss-reactive ketones (excluding diaryl/α,β-unsaturated/α-hetero) is 1. The van der Waals surface area contributed by atoms with Gasteiger partial charge in [0.25, 0.3) is 0 Å². The first kappa shape index (κ1) is 13.2. The first-order chi connectivity index (χ1) is 8.72. The van der Waals surface area contributed by atoms with E-state index < -0.39 is 0 Å². The molecule has 2 unspecified atom stereocenters. The van der Waals surface area contributed by atoms with Crippen molar-refractivity contribution in [3.63, 3.8) is 0 Å². The lowest BCUT2D eigenvalue weighted by Crippen LogP contribution is -2.32. The zero-order valence-corrected chi connectivity index (χ0v) is 10.9. The van der Waals surface area contributed by atoms with Crippen LogP contribution in [0.25, 0.3) is 0 Å². The van der Waals surface area contributed by atoms with Gasteiger partial charge in [-0.3, -0.25) is 4.79 Å². The van der Waals surface area contributed by atoms with Gasteiger partial charge in [0, 0.05) is 6.42 Å². The summed E-state index contributed by atoms with van der Waals surface area (Å²) in [5.74, 6) is 0.110. The van der Waals surface area contributed by atoms with Crippen molar-refractivity contribution in [2.75, 3.05) is 6.61 Å². The van der Waals surface area contributed by atoms with Crippen LogP contribution in [-0.4, -0.2) is 18.4 Å². The molecule has 2 rings (SSSR count). The summed E-state index contributed by atoms with van der Waals surface area (Å²) in [6.07, 6.45) is 2.92. The molecule has 0 aromatic heterocycles. The van der Waals surface area contributed by atoms with Gasteiger partial charge in [-0.1, -0.05) is 37.6 Å². The summed E-state index contributed by atoms with van der Waals surface area (Å²) in [6.45, 7) is 2.73. The number of nitrogens with two attached hydrogens (primary N) is 1. The Morgan fingerprint density at radius 3 is 3.06 bits per heavy atom. The molecule has 0 aliphatic carbocycles. The van der Waals surface area contributed by atoms with Crippen LogP contribution in [0.2, 0.25) is 0 Å². The maximum atomic E-state index is 12.0. The third kappa shape index (κ3) is 2.98. The van der Waals surface area contributed by atoms with Gasteiger partial charge in [-0.05, 0) is 24.0 Å².